The van der Waals surface area contributed by atoms with E-state index in [0.717, 1.165) is 36.9 Å². The molecule has 258 valence electrons. The molecule has 2 fully saturated rings. The second-order valence-corrected chi connectivity index (χ2v) is 13.7. The first-order valence-corrected chi connectivity index (χ1v) is 17.2. The van der Waals surface area contributed by atoms with Crippen LogP contribution in [0.5, 0.6) is 11.8 Å². The van der Waals surface area contributed by atoms with Crippen LogP contribution in [0.4, 0.5) is 0 Å². The monoisotopic (exact) mass is 705 g/mol. The lowest BCUT2D eigenvalue weighted by Crippen LogP contribution is -2.45. The minimum absolute atomic E-state index is 0.0328. The molecule has 2 aliphatic rings. The van der Waals surface area contributed by atoms with Crippen molar-refractivity contribution in [1.29, 1.82) is 0 Å². The summed E-state index contributed by atoms with van der Waals surface area (Å²) < 4.78 is 11.3. The van der Waals surface area contributed by atoms with Gasteiger partial charge in [-0.25, -0.2) is 9.97 Å². The summed E-state index contributed by atoms with van der Waals surface area (Å²) in [6, 6.07) is 11.5. The van der Waals surface area contributed by atoms with Crippen molar-refractivity contribution in [2.45, 2.75) is 70.3 Å². The van der Waals surface area contributed by atoms with Crippen LogP contribution in [0.25, 0.3) is 33.6 Å². The van der Waals surface area contributed by atoms with Gasteiger partial charge in [0, 0.05) is 60.4 Å². The highest BCUT2D eigenvalue weighted by atomic mass is 35.5. The van der Waals surface area contributed by atoms with Gasteiger partial charge in [0.15, 0.2) is 0 Å². The number of nitrogens with zero attached hydrogens (tertiary/aromatic N) is 5. The Labute approximate surface area is 296 Å². The summed E-state index contributed by atoms with van der Waals surface area (Å²) in [5.74, 6) is 0.883. The number of hydrogen-bond acceptors (Lipinski definition) is 10. The summed E-state index contributed by atoms with van der Waals surface area (Å²) in [5.41, 5.74) is 4.46. The summed E-state index contributed by atoms with van der Waals surface area (Å²) in [6.45, 7) is 6.16. The largest absolute Gasteiger partial charge is 0.480 e. The zero-order valence-electron chi connectivity index (χ0n) is 28.1. The van der Waals surface area contributed by atoms with E-state index in [-0.39, 0.29) is 18.0 Å². The van der Waals surface area contributed by atoms with Gasteiger partial charge in [0.2, 0.25) is 17.7 Å². The van der Waals surface area contributed by atoms with Crippen molar-refractivity contribution < 1.29 is 19.4 Å². The second kappa shape index (κ2) is 14.9. The number of hydrogen-bond donors (Lipinski definition) is 3. The highest BCUT2D eigenvalue weighted by Crippen LogP contribution is 2.42. The molecule has 0 radical (unpaired) electrons. The molecule has 13 heteroatoms. The van der Waals surface area contributed by atoms with Crippen molar-refractivity contribution in [2.75, 3.05) is 27.3 Å². The van der Waals surface area contributed by atoms with E-state index in [4.69, 9.17) is 47.6 Å². The van der Waals surface area contributed by atoms with E-state index in [1.165, 1.54) is 0 Å². The third kappa shape index (κ3) is 7.66. The highest BCUT2D eigenvalue weighted by Gasteiger charge is 2.36. The number of likely N-dealkylation sites (tertiary alicyclic amines) is 1. The molecule has 0 aliphatic carbocycles. The number of amides is 1. The SMILES string of the molecule is COc1nc(-c2cccc(-c3cccc(-c4cnc(CN5CCCC5C(C)(C)O)c(OC)n4)c3Cl)c2Cl)cnc1CNCC1CCC(=O)N1. The van der Waals surface area contributed by atoms with Crippen LogP contribution in [-0.4, -0.2) is 80.8 Å². The van der Waals surface area contributed by atoms with Gasteiger partial charge in [-0.1, -0.05) is 59.6 Å². The number of aliphatic hydroxyl groups is 1. The Balaban J connectivity index is 1.24. The lowest BCUT2D eigenvalue weighted by atomic mass is 9.96. The van der Waals surface area contributed by atoms with Gasteiger partial charge >= 0.3 is 0 Å². The zero-order valence-corrected chi connectivity index (χ0v) is 29.6. The van der Waals surface area contributed by atoms with Crippen molar-refractivity contribution in [2.24, 2.45) is 0 Å². The normalized spacial score (nSPS) is 18.1. The average molecular weight is 707 g/mol. The molecule has 2 aliphatic heterocycles. The van der Waals surface area contributed by atoms with E-state index in [9.17, 15) is 9.90 Å². The van der Waals surface area contributed by atoms with E-state index in [0.29, 0.717) is 81.8 Å². The van der Waals surface area contributed by atoms with Crippen LogP contribution >= 0.6 is 23.2 Å². The molecular formula is C36H41Cl2N7O4. The number of rotatable bonds is 12. The van der Waals surface area contributed by atoms with Crippen LogP contribution in [0.15, 0.2) is 48.8 Å². The molecule has 0 saturated carbocycles. The molecule has 6 rings (SSSR count). The van der Waals surface area contributed by atoms with Gasteiger partial charge in [-0.3, -0.25) is 19.7 Å². The number of carbonyl (C=O) groups excluding carboxylic acids is 1. The van der Waals surface area contributed by atoms with Gasteiger partial charge in [-0.15, -0.1) is 0 Å². The number of nitrogens with one attached hydrogen (secondary N) is 2. The molecule has 2 atom stereocenters. The topological polar surface area (TPSA) is 135 Å². The number of carbonyl (C=O) groups is 1. The van der Waals surface area contributed by atoms with Crippen LogP contribution in [-0.2, 0) is 17.9 Å². The van der Waals surface area contributed by atoms with Crippen molar-refractivity contribution in [3.05, 3.63) is 70.2 Å². The van der Waals surface area contributed by atoms with Gasteiger partial charge in [-0.05, 0) is 39.7 Å². The predicted octanol–water partition coefficient (Wildman–Crippen LogP) is 5.70. The first-order valence-electron chi connectivity index (χ1n) is 16.4. The molecule has 3 N–H and O–H groups in total. The Bertz CT molecular complexity index is 1830. The van der Waals surface area contributed by atoms with E-state index < -0.39 is 5.60 Å². The zero-order chi connectivity index (χ0) is 34.7. The first kappa shape index (κ1) is 35.0. The van der Waals surface area contributed by atoms with Crippen LogP contribution in [0.2, 0.25) is 10.0 Å². The Hall–Kier alpha value is -3.87. The summed E-state index contributed by atoms with van der Waals surface area (Å²) in [4.78, 5) is 32.6. The molecule has 4 heterocycles. The fraction of sp³-hybridized carbons (Fsp3) is 0.417. The van der Waals surface area contributed by atoms with Crippen molar-refractivity contribution in [3.8, 4) is 45.4 Å². The standard InChI is InChI=1S/C36H41Cl2N7O4/c1-36(2,47)30-12-7-15-45(30)20-29-35(49-4)44-27(19-41-29)25-11-6-9-23(33(25)38)22-8-5-10-24(32(22)37)26-18-40-28(34(43-26)48-3)17-39-16-21-13-14-31(46)42-21/h5-6,8-11,18-19,21,30,39,47H,7,12-17,20H2,1-4H3,(H,42,46). The quantitative estimate of drug-likeness (QED) is 0.169. The van der Waals surface area contributed by atoms with Gasteiger partial charge in [0.1, 0.15) is 11.4 Å². The smallest absolute Gasteiger partial charge is 0.237 e. The molecular weight excluding hydrogens is 665 g/mol. The lowest BCUT2D eigenvalue weighted by molar-refractivity contribution is -0.119. The average Bonchev–Trinajstić information content (AvgIpc) is 3.74. The molecule has 4 aromatic rings. The fourth-order valence-corrected chi connectivity index (χ4v) is 7.34. The Morgan fingerprint density at radius 3 is 2.04 bits per heavy atom. The van der Waals surface area contributed by atoms with Gasteiger partial charge in [-0.2, -0.15) is 0 Å². The maximum absolute atomic E-state index is 11.5. The van der Waals surface area contributed by atoms with Crippen LogP contribution in [0.3, 0.4) is 0 Å². The first-order chi connectivity index (χ1) is 23.6. The Morgan fingerprint density at radius 1 is 0.918 bits per heavy atom. The maximum atomic E-state index is 11.5. The summed E-state index contributed by atoms with van der Waals surface area (Å²) >= 11 is 14.1. The van der Waals surface area contributed by atoms with E-state index in [1.54, 1.807) is 26.6 Å². The predicted molar refractivity (Wildman–Crippen MR) is 190 cm³/mol. The number of methoxy groups -OCH3 is 2. The molecule has 0 bridgehead atoms. The Kier molecular flexibility index (Phi) is 10.7. The third-order valence-electron chi connectivity index (χ3n) is 9.15. The number of ether oxygens (including phenoxy) is 2. The van der Waals surface area contributed by atoms with Gasteiger partial charge < -0.3 is 25.2 Å². The highest BCUT2D eigenvalue weighted by molar-refractivity contribution is 6.39. The second-order valence-electron chi connectivity index (χ2n) is 13.0. The van der Waals surface area contributed by atoms with Crippen LogP contribution < -0.4 is 20.1 Å². The molecule has 49 heavy (non-hydrogen) atoms. The molecule has 2 aromatic heterocycles. The van der Waals surface area contributed by atoms with Gasteiger partial charge in [0.25, 0.3) is 0 Å². The number of benzene rings is 2. The molecule has 0 spiro atoms. The van der Waals surface area contributed by atoms with E-state index >= 15 is 0 Å². The number of aromatic nitrogens is 4. The molecule has 11 nitrogen and oxygen atoms in total. The summed E-state index contributed by atoms with van der Waals surface area (Å²) in [6.07, 6.45) is 6.69. The van der Waals surface area contributed by atoms with Crippen molar-refractivity contribution in [1.82, 2.24) is 35.5 Å². The van der Waals surface area contributed by atoms with Crippen molar-refractivity contribution in [3.63, 3.8) is 0 Å². The summed E-state index contributed by atoms with van der Waals surface area (Å²) in [7, 11) is 3.14. The minimum Gasteiger partial charge on any atom is -0.480 e. The molecule has 1 amide bonds. The van der Waals surface area contributed by atoms with E-state index in [2.05, 4.69) is 20.5 Å². The van der Waals surface area contributed by atoms with Crippen molar-refractivity contribution >= 4 is 29.1 Å². The number of halogens is 2. The molecule has 2 saturated heterocycles. The van der Waals surface area contributed by atoms with Crippen LogP contribution in [0.1, 0.15) is 50.9 Å². The minimum atomic E-state index is -0.819. The van der Waals surface area contributed by atoms with E-state index in [1.807, 2.05) is 50.2 Å². The lowest BCUT2D eigenvalue weighted by Gasteiger charge is -2.33. The molecule has 2 aromatic carbocycles. The third-order valence-corrected chi connectivity index (χ3v) is 9.96. The summed E-state index contributed by atoms with van der Waals surface area (Å²) in [5, 5.41) is 17.9. The Morgan fingerprint density at radius 2 is 1.49 bits per heavy atom. The molecule has 2 unspecified atom stereocenters. The maximum Gasteiger partial charge on any atom is 0.237 e. The fourth-order valence-electron chi connectivity index (χ4n) is 6.69. The van der Waals surface area contributed by atoms with Crippen LogP contribution in [0, 0.1) is 0 Å². The van der Waals surface area contributed by atoms with Gasteiger partial charge in [0.05, 0.1) is 53.6 Å².